The predicted molar refractivity (Wildman–Crippen MR) is 102 cm³/mol. The number of fused-ring (bicyclic) bond motifs is 1. The van der Waals surface area contributed by atoms with E-state index in [1.54, 1.807) is 36.2 Å². The number of hydrogen-bond donors (Lipinski definition) is 1. The maximum absolute atomic E-state index is 12.8. The second-order valence-electron chi connectivity index (χ2n) is 6.44. The van der Waals surface area contributed by atoms with Gasteiger partial charge in [-0.1, -0.05) is 11.6 Å². The highest BCUT2D eigenvalue weighted by Crippen LogP contribution is 2.29. The summed E-state index contributed by atoms with van der Waals surface area (Å²) < 4.78 is 6.94. The Morgan fingerprint density at radius 2 is 2.22 bits per heavy atom. The van der Waals surface area contributed by atoms with Gasteiger partial charge in [0.1, 0.15) is 17.9 Å². The van der Waals surface area contributed by atoms with E-state index in [-0.39, 0.29) is 11.8 Å². The number of methoxy groups -OCH3 is 1. The van der Waals surface area contributed by atoms with E-state index in [4.69, 9.17) is 16.3 Å². The SMILES string of the molecule is COc1ccc(Cl)cc1NC(=O)[C@H]1CCCN(c2ccc3nncn3n2)C1. The van der Waals surface area contributed by atoms with Gasteiger partial charge in [0.05, 0.1) is 18.7 Å². The van der Waals surface area contributed by atoms with Crippen molar-refractivity contribution in [2.45, 2.75) is 12.8 Å². The van der Waals surface area contributed by atoms with Crippen molar-refractivity contribution < 1.29 is 9.53 Å². The number of piperidine rings is 1. The topological polar surface area (TPSA) is 84.6 Å². The molecule has 140 valence electrons. The quantitative estimate of drug-likeness (QED) is 0.742. The van der Waals surface area contributed by atoms with Gasteiger partial charge in [-0.25, -0.2) is 0 Å². The number of anilines is 2. The third kappa shape index (κ3) is 3.66. The normalized spacial score (nSPS) is 17.1. The first kappa shape index (κ1) is 17.5. The summed E-state index contributed by atoms with van der Waals surface area (Å²) in [5.41, 5.74) is 1.27. The van der Waals surface area contributed by atoms with Crippen LogP contribution in [-0.2, 0) is 4.79 Å². The molecule has 1 aliphatic rings. The molecule has 3 heterocycles. The summed E-state index contributed by atoms with van der Waals surface area (Å²) >= 11 is 6.05. The van der Waals surface area contributed by atoms with Gasteiger partial charge in [0.2, 0.25) is 5.91 Å². The Morgan fingerprint density at radius 3 is 3.07 bits per heavy atom. The maximum atomic E-state index is 12.8. The van der Waals surface area contributed by atoms with Gasteiger partial charge in [-0.05, 0) is 43.2 Å². The number of hydrogen-bond acceptors (Lipinski definition) is 6. The lowest BCUT2D eigenvalue weighted by molar-refractivity contribution is -0.120. The van der Waals surface area contributed by atoms with Crippen LogP contribution in [0.25, 0.3) is 5.65 Å². The largest absolute Gasteiger partial charge is 0.495 e. The highest BCUT2D eigenvalue weighted by molar-refractivity contribution is 6.31. The molecule has 0 bridgehead atoms. The molecule has 8 nitrogen and oxygen atoms in total. The average molecular weight is 387 g/mol. The van der Waals surface area contributed by atoms with Crippen LogP contribution in [0.15, 0.2) is 36.7 Å². The van der Waals surface area contributed by atoms with Crippen molar-refractivity contribution in [2.24, 2.45) is 5.92 Å². The van der Waals surface area contributed by atoms with Crippen molar-refractivity contribution in [3.63, 3.8) is 0 Å². The van der Waals surface area contributed by atoms with Crippen LogP contribution >= 0.6 is 11.6 Å². The molecule has 1 aliphatic heterocycles. The van der Waals surface area contributed by atoms with Crippen LogP contribution in [0.2, 0.25) is 5.02 Å². The van der Waals surface area contributed by atoms with Gasteiger partial charge in [0.15, 0.2) is 5.65 Å². The number of aromatic nitrogens is 4. The number of nitrogens with zero attached hydrogens (tertiary/aromatic N) is 5. The van der Waals surface area contributed by atoms with Crippen LogP contribution in [-0.4, -0.2) is 45.9 Å². The van der Waals surface area contributed by atoms with E-state index >= 15 is 0 Å². The summed E-state index contributed by atoms with van der Waals surface area (Å²) in [5, 5.41) is 15.8. The van der Waals surface area contributed by atoms with Gasteiger partial charge in [-0.15, -0.1) is 15.3 Å². The van der Waals surface area contributed by atoms with Crippen molar-refractivity contribution in [1.29, 1.82) is 0 Å². The lowest BCUT2D eigenvalue weighted by atomic mass is 9.97. The third-order valence-corrected chi connectivity index (χ3v) is 4.92. The monoisotopic (exact) mass is 386 g/mol. The van der Waals surface area contributed by atoms with Gasteiger partial charge in [0.25, 0.3) is 0 Å². The summed E-state index contributed by atoms with van der Waals surface area (Å²) in [6.45, 7) is 1.44. The Balaban J connectivity index is 1.49. The fourth-order valence-corrected chi connectivity index (χ4v) is 3.47. The standard InChI is InChI=1S/C18H19ClN6O2/c1-27-15-5-4-13(19)9-14(15)21-18(26)12-3-2-8-24(10-12)17-7-6-16-22-20-11-25(16)23-17/h4-7,9,11-12H,2-3,8,10H2,1H3,(H,21,26)/t12-/m0/s1. The molecule has 27 heavy (non-hydrogen) atoms. The Kier molecular flexibility index (Phi) is 4.81. The first-order chi connectivity index (χ1) is 13.1. The molecule has 1 fully saturated rings. The highest BCUT2D eigenvalue weighted by Gasteiger charge is 2.27. The van der Waals surface area contributed by atoms with E-state index < -0.39 is 0 Å². The number of benzene rings is 1. The minimum absolute atomic E-state index is 0.0503. The zero-order valence-electron chi connectivity index (χ0n) is 14.8. The molecule has 1 aromatic carbocycles. The molecule has 9 heteroatoms. The Hall–Kier alpha value is -2.87. The van der Waals surface area contributed by atoms with Gasteiger partial charge in [-0.2, -0.15) is 4.52 Å². The average Bonchev–Trinajstić information content (AvgIpc) is 3.16. The van der Waals surface area contributed by atoms with Crippen LogP contribution in [0.1, 0.15) is 12.8 Å². The van der Waals surface area contributed by atoms with Crippen LogP contribution in [0.3, 0.4) is 0 Å². The first-order valence-electron chi connectivity index (χ1n) is 8.70. The summed E-state index contributed by atoms with van der Waals surface area (Å²) in [7, 11) is 1.56. The minimum atomic E-state index is -0.152. The minimum Gasteiger partial charge on any atom is -0.495 e. The molecule has 2 aromatic heterocycles. The Bertz CT molecular complexity index is 975. The third-order valence-electron chi connectivity index (χ3n) is 4.68. The van der Waals surface area contributed by atoms with Gasteiger partial charge in [-0.3, -0.25) is 4.79 Å². The summed E-state index contributed by atoms with van der Waals surface area (Å²) in [5.74, 6) is 1.19. The molecule has 1 atom stereocenters. The number of ether oxygens (including phenoxy) is 1. The zero-order chi connectivity index (χ0) is 18.8. The molecule has 1 amide bonds. The number of nitrogens with one attached hydrogen (secondary N) is 1. The van der Waals surface area contributed by atoms with Crippen molar-refractivity contribution in [3.8, 4) is 5.75 Å². The number of amides is 1. The lowest BCUT2D eigenvalue weighted by Gasteiger charge is -2.32. The Morgan fingerprint density at radius 1 is 1.33 bits per heavy atom. The molecule has 1 N–H and O–H groups in total. The molecule has 0 radical (unpaired) electrons. The van der Waals surface area contributed by atoms with E-state index in [9.17, 15) is 4.79 Å². The van der Waals surface area contributed by atoms with E-state index in [1.165, 1.54) is 0 Å². The molecule has 0 aliphatic carbocycles. The van der Waals surface area contributed by atoms with Gasteiger partial charge >= 0.3 is 0 Å². The van der Waals surface area contributed by atoms with Crippen molar-refractivity contribution in [2.75, 3.05) is 30.4 Å². The molecule has 1 saturated heterocycles. The number of halogens is 1. The molecule has 0 unspecified atom stereocenters. The van der Waals surface area contributed by atoms with E-state index in [0.29, 0.717) is 28.7 Å². The highest BCUT2D eigenvalue weighted by atomic mass is 35.5. The molecule has 0 spiro atoms. The first-order valence-corrected chi connectivity index (χ1v) is 9.08. The molecular formula is C18H19ClN6O2. The second kappa shape index (κ2) is 7.40. The molecule has 3 aromatic rings. The predicted octanol–water partition coefficient (Wildman–Crippen LogP) is 2.64. The molecule has 4 rings (SSSR count). The zero-order valence-corrected chi connectivity index (χ0v) is 15.6. The summed E-state index contributed by atoms with van der Waals surface area (Å²) in [4.78, 5) is 14.9. The lowest BCUT2D eigenvalue weighted by Crippen LogP contribution is -2.41. The van der Waals surface area contributed by atoms with Crippen LogP contribution < -0.4 is 15.0 Å². The van der Waals surface area contributed by atoms with Crippen molar-refractivity contribution >= 4 is 34.7 Å². The number of rotatable bonds is 4. The van der Waals surface area contributed by atoms with E-state index in [2.05, 4.69) is 25.5 Å². The van der Waals surface area contributed by atoms with Crippen molar-refractivity contribution in [1.82, 2.24) is 19.8 Å². The fourth-order valence-electron chi connectivity index (χ4n) is 3.30. The van der Waals surface area contributed by atoms with Crippen LogP contribution in [0.4, 0.5) is 11.5 Å². The number of carbonyl (C=O) groups excluding carboxylic acids is 1. The molecule has 0 saturated carbocycles. The maximum Gasteiger partial charge on any atom is 0.229 e. The van der Waals surface area contributed by atoms with Gasteiger partial charge in [0, 0.05) is 18.1 Å². The fraction of sp³-hybridized carbons (Fsp3) is 0.333. The summed E-state index contributed by atoms with van der Waals surface area (Å²) in [6, 6.07) is 8.94. The second-order valence-corrected chi connectivity index (χ2v) is 6.88. The van der Waals surface area contributed by atoms with Crippen molar-refractivity contribution in [3.05, 3.63) is 41.7 Å². The Labute approximate surface area is 161 Å². The van der Waals surface area contributed by atoms with Crippen LogP contribution in [0.5, 0.6) is 5.75 Å². The van der Waals surface area contributed by atoms with E-state index in [1.807, 2.05) is 12.1 Å². The van der Waals surface area contributed by atoms with Gasteiger partial charge < -0.3 is 15.0 Å². The smallest absolute Gasteiger partial charge is 0.229 e. The molecular weight excluding hydrogens is 368 g/mol. The summed E-state index contributed by atoms with van der Waals surface area (Å²) in [6.07, 6.45) is 3.30. The number of carbonyl (C=O) groups is 1. The van der Waals surface area contributed by atoms with E-state index in [0.717, 1.165) is 25.2 Å². The van der Waals surface area contributed by atoms with Crippen LogP contribution in [0, 0.1) is 5.92 Å².